The first-order valence-corrected chi connectivity index (χ1v) is 7.73. The normalized spacial score (nSPS) is 21.5. The lowest BCUT2D eigenvalue weighted by Crippen LogP contribution is -2.39. The molecule has 0 amide bonds. The molecule has 1 aromatic carbocycles. The molecule has 0 spiro atoms. The quantitative estimate of drug-likeness (QED) is 0.875. The first-order chi connectivity index (χ1) is 9.24. The largest absolute Gasteiger partial charge is 0.313 e. The molecule has 1 N–H and O–H groups in total. The van der Waals surface area contributed by atoms with E-state index in [-0.39, 0.29) is 0 Å². The standard InChI is InChI=1S/C17H28N2/c1-15(2)13-17-14-19(11-6-10-18-17)12-9-16-7-4-3-5-8-16/h3-5,7-8,15,17-18H,6,9-14H2,1-2H3. The second-order valence-corrected chi connectivity index (χ2v) is 6.17. The molecule has 1 atom stereocenters. The summed E-state index contributed by atoms with van der Waals surface area (Å²) in [7, 11) is 0. The van der Waals surface area contributed by atoms with E-state index in [0.29, 0.717) is 6.04 Å². The monoisotopic (exact) mass is 260 g/mol. The number of nitrogens with zero attached hydrogens (tertiary/aromatic N) is 1. The van der Waals surface area contributed by atoms with Crippen LogP contribution in [-0.4, -0.2) is 37.1 Å². The molecule has 0 aliphatic carbocycles. The lowest BCUT2D eigenvalue weighted by atomic mass is 10.0. The number of rotatable bonds is 5. The molecule has 0 aromatic heterocycles. The van der Waals surface area contributed by atoms with Crippen molar-refractivity contribution in [1.29, 1.82) is 0 Å². The number of nitrogens with one attached hydrogen (secondary N) is 1. The van der Waals surface area contributed by atoms with E-state index in [0.717, 1.165) is 5.92 Å². The van der Waals surface area contributed by atoms with Crippen molar-refractivity contribution in [1.82, 2.24) is 10.2 Å². The van der Waals surface area contributed by atoms with Gasteiger partial charge in [0.1, 0.15) is 0 Å². The van der Waals surface area contributed by atoms with Crippen LogP contribution in [0.5, 0.6) is 0 Å². The minimum Gasteiger partial charge on any atom is -0.313 e. The lowest BCUT2D eigenvalue weighted by Gasteiger charge is -2.25. The third kappa shape index (κ3) is 5.33. The van der Waals surface area contributed by atoms with Crippen molar-refractivity contribution in [3.8, 4) is 0 Å². The zero-order valence-corrected chi connectivity index (χ0v) is 12.4. The van der Waals surface area contributed by atoms with Gasteiger partial charge in [-0.15, -0.1) is 0 Å². The Morgan fingerprint density at radius 2 is 2.05 bits per heavy atom. The molecule has 1 fully saturated rings. The third-order valence-corrected chi connectivity index (χ3v) is 3.88. The zero-order chi connectivity index (χ0) is 13.5. The van der Waals surface area contributed by atoms with Crippen LogP contribution >= 0.6 is 0 Å². The maximum atomic E-state index is 3.70. The Morgan fingerprint density at radius 3 is 2.79 bits per heavy atom. The van der Waals surface area contributed by atoms with Crippen LogP contribution in [0.1, 0.15) is 32.3 Å². The summed E-state index contributed by atoms with van der Waals surface area (Å²) in [5.41, 5.74) is 1.46. The Labute approximate surface area is 118 Å². The first kappa shape index (κ1) is 14.5. The zero-order valence-electron chi connectivity index (χ0n) is 12.4. The number of hydrogen-bond acceptors (Lipinski definition) is 2. The van der Waals surface area contributed by atoms with Gasteiger partial charge in [-0.25, -0.2) is 0 Å². The van der Waals surface area contributed by atoms with Gasteiger partial charge in [0.05, 0.1) is 0 Å². The van der Waals surface area contributed by atoms with Gasteiger partial charge in [0, 0.05) is 19.1 Å². The van der Waals surface area contributed by atoms with Crippen molar-refractivity contribution in [3.05, 3.63) is 35.9 Å². The van der Waals surface area contributed by atoms with Crippen LogP contribution in [0.15, 0.2) is 30.3 Å². The summed E-state index contributed by atoms with van der Waals surface area (Å²) >= 11 is 0. The first-order valence-electron chi connectivity index (χ1n) is 7.73. The van der Waals surface area contributed by atoms with E-state index in [1.165, 1.54) is 51.0 Å². The van der Waals surface area contributed by atoms with Gasteiger partial charge in [0.25, 0.3) is 0 Å². The van der Waals surface area contributed by atoms with Crippen LogP contribution in [0.2, 0.25) is 0 Å². The second-order valence-electron chi connectivity index (χ2n) is 6.17. The van der Waals surface area contributed by atoms with Gasteiger partial charge in [0.15, 0.2) is 0 Å². The smallest absolute Gasteiger partial charge is 0.0197 e. The molecular weight excluding hydrogens is 232 g/mol. The lowest BCUT2D eigenvalue weighted by molar-refractivity contribution is 0.258. The second kappa shape index (κ2) is 7.66. The highest BCUT2D eigenvalue weighted by molar-refractivity contribution is 5.14. The van der Waals surface area contributed by atoms with Gasteiger partial charge < -0.3 is 10.2 Å². The molecule has 1 unspecified atom stereocenters. The summed E-state index contributed by atoms with van der Waals surface area (Å²) in [5.74, 6) is 0.784. The predicted molar refractivity (Wildman–Crippen MR) is 82.4 cm³/mol. The highest BCUT2D eigenvalue weighted by Gasteiger charge is 2.18. The molecule has 1 heterocycles. The summed E-state index contributed by atoms with van der Waals surface area (Å²) in [6.07, 6.45) is 3.75. The van der Waals surface area contributed by atoms with E-state index < -0.39 is 0 Å². The van der Waals surface area contributed by atoms with E-state index in [4.69, 9.17) is 0 Å². The van der Waals surface area contributed by atoms with Gasteiger partial charge in [0.2, 0.25) is 0 Å². The maximum Gasteiger partial charge on any atom is 0.0197 e. The molecule has 0 bridgehead atoms. The van der Waals surface area contributed by atoms with Crippen LogP contribution in [0.4, 0.5) is 0 Å². The summed E-state index contributed by atoms with van der Waals surface area (Å²) in [4.78, 5) is 2.64. The van der Waals surface area contributed by atoms with Crippen molar-refractivity contribution in [2.24, 2.45) is 5.92 Å². The van der Waals surface area contributed by atoms with Crippen LogP contribution in [0.25, 0.3) is 0 Å². The van der Waals surface area contributed by atoms with Crippen molar-refractivity contribution in [2.75, 3.05) is 26.2 Å². The molecule has 1 aromatic rings. The minimum absolute atomic E-state index is 0.679. The highest BCUT2D eigenvalue weighted by atomic mass is 15.2. The molecule has 19 heavy (non-hydrogen) atoms. The summed E-state index contributed by atoms with van der Waals surface area (Å²) in [6.45, 7) is 9.47. The Bertz CT molecular complexity index is 348. The molecule has 2 nitrogen and oxygen atoms in total. The molecule has 1 saturated heterocycles. The van der Waals surface area contributed by atoms with Gasteiger partial charge in [-0.05, 0) is 43.8 Å². The van der Waals surface area contributed by atoms with E-state index >= 15 is 0 Å². The van der Waals surface area contributed by atoms with Gasteiger partial charge in [-0.2, -0.15) is 0 Å². The van der Waals surface area contributed by atoms with E-state index in [1.54, 1.807) is 0 Å². The van der Waals surface area contributed by atoms with Gasteiger partial charge in [-0.3, -0.25) is 0 Å². The average molecular weight is 260 g/mol. The van der Waals surface area contributed by atoms with E-state index in [2.05, 4.69) is 54.4 Å². The van der Waals surface area contributed by atoms with Crippen molar-refractivity contribution in [3.63, 3.8) is 0 Å². The molecule has 0 radical (unpaired) electrons. The Kier molecular flexibility index (Phi) is 5.87. The number of hydrogen-bond donors (Lipinski definition) is 1. The Hall–Kier alpha value is -0.860. The Balaban J connectivity index is 1.81. The fourth-order valence-corrected chi connectivity index (χ4v) is 2.94. The molecule has 0 saturated carbocycles. The van der Waals surface area contributed by atoms with Crippen LogP contribution in [0.3, 0.4) is 0 Å². The van der Waals surface area contributed by atoms with E-state index in [9.17, 15) is 0 Å². The van der Waals surface area contributed by atoms with Crippen LogP contribution in [0, 0.1) is 5.92 Å². The minimum atomic E-state index is 0.679. The van der Waals surface area contributed by atoms with Gasteiger partial charge in [-0.1, -0.05) is 44.2 Å². The molecule has 2 rings (SSSR count). The number of benzene rings is 1. The van der Waals surface area contributed by atoms with Gasteiger partial charge >= 0.3 is 0 Å². The molecule has 1 aliphatic heterocycles. The van der Waals surface area contributed by atoms with Crippen LogP contribution < -0.4 is 5.32 Å². The SMILES string of the molecule is CC(C)CC1CN(CCc2ccccc2)CCCN1. The Morgan fingerprint density at radius 1 is 1.26 bits per heavy atom. The predicted octanol–water partition coefficient (Wildman–Crippen LogP) is 2.94. The molecule has 106 valence electrons. The third-order valence-electron chi connectivity index (χ3n) is 3.88. The average Bonchev–Trinajstić information content (AvgIpc) is 2.62. The van der Waals surface area contributed by atoms with Crippen molar-refractivity contribution in [2.45, 2.75) is 39.2 Å². The maximum absolute atomic E-state index is 3.70. The van der Waals surface area contributed by atoms with E-state index in [1.807, 2.05) is 0 Å². The summed E-state index contributed by atoms with van der Waals surface area (Å²) < 4.78 is 0. The fourth-order valence-electron chi connectivity index (χ4n) is 2.94. The molecular formula is C17H28N2. The topological polar surface area (TPSA) is 15.3 Å². The summed E-state index contributed by atoms with van der Waals surface area (Å²) in [6, 6.07) is 11.5. The van der Waals surface area contributed by atoms with Crippen LogP contribution in [-0.2, 0) is 6.42 Å². The molecule has 1 aliphatic rings. The summed E-state index contributed by atoms with van der Waals surface area (Å²) in [5, 5.41) is 3.70. The van der Waals surface area contributed by atoms with Crippen molar-refractivity contribution >= 4 is 0 Å². The van der Waals surface area contributed by atoms with Crippen molar-refractivity contribution < 1.29 is 0 Å². The fraction of sp³-hybridized carbons (Fsp3) is 0.647. The highest BCUT2D eigenvalue weighted by Crippen LogP contribution is 2.10. The molecule has 2 heteroatoms.